The second kappa shape index (κ2) is 9.40. The maximum atomic E-state index is 10.5. The number of aliphatic hydroxyl groups is 1. The lowest BCUT2D eigenvalue weighted by atomic mass is 10.0. The Labute approximate surface area is 98.2 Å². The van der Waals surface area contributed by atoms with E-state index in [-0.39, 0.29) is 11.7 Å². The Morgan fingerprint density at radius 2 is 1.75 bits per heavy atom. The van der Waals surface area contributed by atoms with Gasteiger partial charge in [0.25, 0.3) is 0 Å². The summed E-state index contributed by atoms with van der Waals surface area (Å²) in [5, 5.41) is 18.2. The number of unbranched alkanes of at least 4 members (excludes halogenated alkanes) is 3. The standard InChI is InChI=1S/C13H24O3/c1-3-4-5-9-12(14)10-7-6-8-11(2)13(15)16/h12,14H,2-10H2,1H3,(H,15,16). The Bertz CT molecular complexity index is 211. The molecule has 0 amide bonds. The van der Waals surface area contributed by atoms with E-state index in [0.29, 0.717) is 6.42 Å². The zero-order valence-corrected chi connectivity index (χ0v) is 10.2. The Morgan fingerprint density at radius 3 is 2.25 bits per heavy atom. The maximum Gasteiger partial charge on any atom is 0.330 e. The quantitative estimate of drug-likeness (QED) is 0.446. The predicted molar refractivity (Wildman–Crippen MR) is 65.4 cm³/mol. The van der Waals surface area contributed by atoms with E-state index in [0.717, 1.165) is 32.1 Å². The smallest absolute Gasteiger partial charge is 0.330 e. The van der Waals surface area contributed by atoms with Crippen LogP contribution in [-0.2, 0) is 4.79 Å². The molecular weight excluding hydrogens is 204 g/mol. The number of carbonyl (C=O) groups is 1. The molecule has 0 heterocycles. The van der Waals surface area contributed by atoms with E-state index in [2.05, 4.69) is 13.5 Å². The molecule has 0 aromatic rings. The van der Waals surface area contributed by atoms with Gasteiger partial charge in [0.05, 0.1) is 6.10 Å². The van der Waals surface area contributed by atoms with Crippen molar-refractivity contribution in [2.24, 2.45) is 0 Å². The van der Waals surface area contributed by atoms with Gasteiger partial charge in [0.1, 0.15) is 0 Å². The molecule has 94 valence electrons. The molecule has 16 heavy (non-hydrogen) atoms. The van der Waals surface area contributed by atoms with Crippen molar-refractivity contribution in [1.29, 1.82) is 0 Å². The SMILES string of the molecule is C=C(CCCCC(O)CCCCC)C(=O)O. The summed E-state index contributed by atoms with van der Waals surface area (Å²) in [4.78, 5) is 10.5. The van der Waals surface area contributed by atoms with Gasteiger partial charge in [-0.05, 0) is 25.7 Å². The van der Waals surface area contributed by atoms with Crippen molar-refractivity contribution in [3.8, 4) is 0 Å². The average molecular weight is 228 g/mol. The molecule has 1 atom stereocenters. The van der Waals surface area contributed by atoms with Crippen molar-refractivity contribution in [2.45, 2.75) is 64.4 Å². The largest absolute Gasteiger partial charge is 0.478 e. The highest BCUT2D eigenvalue weighted by Crippen LogP contribution is 2.12. The van der Waals surface area contributed by atoms with Gasteiger partial charge in [-0.3, -0.25) is 0 Å². The van der Waals surface area contributed by atoms with Crippen molar-refractivity contribution < 1.29 is 15.0 Å². The van der Waals surface area contributed by atoms with Gasteiger partial charge in [-0.15, -0.1) is 0 Å². The lowest BCUT2D eigenvalue weighted by Gasteiger charge is -2.09. The molecule has 0 aromatic heterocycles. The summed E-state index contributed by atoms with van der Waals surface area (Å²) in [6.45, 7) is 5.61. The first-order chi connectivity index (χ1) is 7.57. The normalized spacial score (nSPS) is 12.4. The molecule has 0 fully saturated rings. The van der Waals surface area contributed by atoms with Crippen LogP contribution < -0.4 is 0 Å². The van der Waals surface area contributed by atoms with Gasteiger partial charge in [-0.2, -0.15) is 0 Å². The first-order valence-corrected chi connectivity index (χ1v) is 6.17. The molecule has 1 unspecified atom stereocenters. The summed E-state index contributed by atoms with van der Waals surface area (Å²) < 4.78 is 0. The van der Waals surface area contributed by atoms with Crippen LogP contribution in [0.1, 0.15) is 58.3 Å². The first kappa shape index (κ1) is 15.2. The van der Waals surface area contributed by atoms with Crippen LogP contribution in [0.3, 0.4) is 0 Å². The third-order valence-electron chi connectivity index (χ3n) is 2.71. The van der Waals surface area contributed by atoms with Gasteiger partial charge >= 0.3 is 5.97 Å². The average Bonchev–Trinajstić information content (AvgIpc) is 2.24. The van der Waals surface area contributed by atoms with Crippen LogP contribution in [-0.4, -0.2) is 22.3 Å². The van der Waals surface area contributed by atoms with Crippen molar-refractivity contribution in [3.05, 3.63) is 12.2 Å². The van der Waals surface area contributed by atoms with E-state index in [1.54, 1.807) is 0 Å². The molecule has 3 heteroatoms. The van der Waals surface area contributed by atoms with E-state index in [1.165, 1.54) is 12.8 Å². The highest BCUT2D eigenvalue weighted by molar-refractivity contribution is 5.85. The number of aliphatic hydroxyl groups excluding tert-OH is 1. The third kappa shape index (κ3) is 8.48. The molecule has 3 nitrogen and oxygen atoms in total. The van der Waals surface area contributed by atoms with Crippen LogP contribution in [0.15, 0.2) is 12.2 Å². The summed E-state index contributed by atoms with van der Waals surface area (Å²) in [6, 6.07) is 0. The minimum Gasteiger partial charge on any atom is -0.478 e. The van der Waals surface area contributed by atoms with Crippen LogP contribution in [0, 0.1) is 0 Å². The molecule has 0 aliphatic carbocycles. The zero-order chi connectivity index (χ0) is 12.4. The molecule has 2 N–H and O–H groups in total. The summed E-state index contributed by atoms with van der Waals surface area (Å²) in [6.07, 6.45) is 7.05. The predicted octanol–water partition coefficient (Wildman–Crippen LogP) is 3.13. The fourth-order valence-corrected chi connectivity index (χ4v) is 1.60. The summed E-state index contributed by atoms with van der Waals surface area (Å²) in [5.41, 5.74) is 0.264. The summed E-state index contributed by atoms with van der Waals surface area (Å²) in [7, 11) is 0. The Balaban J connectivity index is 3.37. The molecule has 0 aromatic carbocycles. The zero-order valence-electron chi connectivity index (χ0n) is 10.2. The number of carboxylic acids is 1. The number of carboxylic acid groups (broad SMARTS) is 1. The van der Waals surface area contributed by atoms with Crippen molar-refractivity contribution >= 4 is 5.97 Å². The minimum absolute atomic E-state index is 0.218. The summed E-state index contributed by atoms with van der Waals surface area (Å²) in [5.74, 6) is -0.913. The van der Waals surface area contributed by atoms with Crippen LogP contribution in [0.5, 0.6) is 0 Å². The van der Waals surface area contributed by atoms with E-state index >= 15 is 0 Å². The second-order valence-corrected chi connectivity index (χ2v) is 4.30. The van der Waals surface area contributed by atoms with Gasteiger partial charge in [-0.25, -0.2) is 4.79 Å². The molecule has 0 aliphatic heterocycles. The van der Waals surface area contributed by atoms with Gasteiger partial charge in [0.2, 0.25) is 0 Å². The van der Waals surface area contributed by atoms with Crippen LogP contribution >= 0.6 is 0 Å². The van der Waals surface area contributed by atoms with Crippen molar-refractivity contribution in [1.82, 2.24) is 0 Å². The molecular formula is C13H24O3. The third-order valence-corrected chi connectivity index (χ3v) is 2.71. The molecule has 0 aliphatic rings. The highest BCUT2D eigenvalue weighted by atomic mass is 16.4. The number of rotatable bonds is 10. The Kier molecular flexibility index (Phi) is 8.91. The molecule has 0 rings (SSSR count). The molecule has 0 saturated heterocycles. The number of hydrogen-bond donors (Lipinski definition) is 2. The van der Waals surface area contributed by atoms with Crippen molar-refractivity contribution in [2.75, 3.05) is 0 Å². The van der Waals surface area contributed by atoms with E-state index in [9.17, 15) is 9.90 Å². The maximum absolute atomic E-state index is 10.5. The van der Waals surface area contributed by atoms with E-state index < -0.39 is 5.97 Å². The fraction of sp³-hybridized carbons (Fsp3) is 0.769. The van der Waals surface area contributed by atoms with Gasteiger partial charge in [-0.1, -0.05) is 39.2 Å². The molecule has 0 bridgehead atoms. The lowest BCUT2D eigenvalue weighted by molar-refractivity contribution is -0.132. The lowest BCUT2D eigenvalue weighted by Crippen LogP contribution is -2.06. The molecule has 0 spiro atoms. The van der Waals surface area contributed by atoms with E-state index in [1.807, 2.05) is 0 Å². The van der Waals surface area contributed by atoms with Crippen molar-refractivity contribution in [3.63, 3.8) is 0 Å². The summed E-state index contributed by atoms with van der Waals surface area (Å²) >= 11 is 0. The first-order valence-electron chi connectivity index (χ1n) is 6.17. The molecule has 0 saturated carbocycles. The van der Waals surface area contributed by atoms with Crippen LogP contribution in [0.25, 0.3) is 0 Å². The Morgan fingerprint density at radius 1 is 1.19 bits per heavy atom. The number of hydrogen-bond acceptors (Lipinski definition) is 2. The number of aliphatic carboxylic acids is 1. The monoisotopic (exact) mass is 228 g/mol. The van der Waals surface area contributed by atoms with Crippen LogP contribution in [0.2, 0.25) is 0 Å². The van der Waals surface area contributed by atoms with Gasteiger partial charge < -0.3 is 10.2 Å². The highest BCUT2D eigenvalue weighted by Gasteiger charge is 2.06. The van der Waals surface area contributed by atoms with Crippen LogP contribution in [0.4, 0.5) is 0 Å². The molecule has 0 radical (unpaired) electrons. The van der Waals surface area contributed by atoms with Gasteiger partial charge in [0.15, 0.2) is 0 Å². The van der Waals surface area contributed by atoms with Gasteiger partial charge in [0, 0.05) is 5.57 Å². The Hall–Kier alpha value is -0.830. The fourth-order valence-electron chi connectivity index (χ4n) is 1.60. The topological polar surface area (TPSA) is 57.5 Å². The minimum atomic E-state index is -0.913. The van der Waals surface area contributed by atoms with E-state index in [4.69, 9.17) is 5.11 Å². The second-order valence-electron chi connectivity index (χ2n) is 4.30.